The number of pyridine rings is 2. The Balaban J connectivity index is 1.29. The maximum Gasteiger partial charge on any atom is 0.254 e. The summed E-state index contributed by atoms with van der Waals surface area (Å²) in [6.45, 7) is 5.29. The van der Waals surface area contributed by atoms with Crippen molar-refractivity contribution in [3.63, 3.8) is 0 Å². The van der Waals surface area contributed by atoms with Crippen molar-refractivity contribution in [2.75, 3.05) is 6.54 Å². The molecule has 2 aromatic heterocycles. The number of hydrogen-bond donors (Lipinski definition) is 0. The number of halogens is 1. The topological polar surface area (TPSA) is 47.4 Å². The van der Waals surface area contributed by atoms with Gasteiger partial charge in [-0.05, 0) is 55.1 Å². The van der Waals surface area contributed by atoms with Crippen LogP contribution in [0.4, 0.5) is 0 Å². The summed E-state index contributed by atoms with van der Waals surface area (Å²) in [4.78, 5) is 19.2. The number of nitrogens with zero attached hydrogens (tertiary/aromatic N) is 3. The minimum atomic E-state index is -0.0683. The van der Waals surface area contributed by atoms with Crippen LogP contribution in [-0.2, 0) is 26.1 Å². The maximum absolute atomic E-state index is 12.4. The molecular weight excluding hydrogens is 410 g/mol. The van der Waals surface area contributed by atoms with E-state index in [1.165, 1.54) is 30.0 Å². The molecule has 2 heterocycles. The van der Waals surface area contributed by atoms with Crippen LogP contribution in [0.5, 0.6) is 5.75 Å². The predicted octanol–water partition coefficient (Wildman–Crippen LogP) is 4.70. The lowest BCUT2D eigenvalue weighted by Crippen LogP contribution is -2.24. The second-order valence-corrected chi connectivity index (χ2v) is 8.45. The SMILES string of the molecule is CCN(Cc1ccc(CCn2ccc(OCc3ccc(Cl)cn3)cc2=O)cc1)C1CC1. The van der Waals surface area contributed by atoms with E-state index in [0.717, 1.165) is 31.2 Å². The van der Waals surface area contributed by atoms with E-state index in [2.05, 4.69) is 41.1 Å². The molecule has 0 atom stereocenters. The highest BCUT2D eigenvalue weighted by Gasteiger charge is 2.27. The van der Waals surface area contributed by atoms with Crippen LogP contribution < -0.4 is 10.3 Å². The molecule has 6 heteroatoms. The average molecular weight is 438 g/mol. The molecule has 0 spiro atoms. The average Bonchev–Trinajstić information content (AvgIpc) is 3.63. The minimum absolute atomic E-state index is 0.0683. The summed E-state index contributed by atoms with van der Waals surface area (Å²) in [5.41, 5.74) is 3.28. The zero-order valence-corrected chi connectivity index (χ0v) is 18.6. The number of aryl methyl sites for hydroxylation is 2. The monoisotopic (exact) mass is 437 g/mol. The first-order valence-electron chi connectivity index (χ1n) is 10.9. The first kappa shape index (κ1) is 21.6. The molecule has 31 heavy (non-hydrogen) atoms. The first-order chi connectivity index (χ1) is 15.1. The van der Waals surface area contributed by atoms with Gasteiger partial charge in [0.05, 0.1) is 10.7 Å². The van der Waals surface area contributed by atoms with Gasteiger partial charge in [0, 0.05) is 37.6 Å². The van der Waals surface area contributed by atoms with Crippen LogP contribution in [0.2, 0.25) is 5.02 Å². The van der Waals surface area contributed by atoms with E-state index in [1.807, 2.05) is 6.07 Å². The van der Waals surface area contributed by atoms with Crippen molar-refractivity contribution < 1.29 is 4.74 Å². The summed E-state index contributed by atoms with van der Waals surface area (Å²) >= 11 is 5.84. The molecule has 162 valence electrons. The van der Waals surface area contributed by atoms with E-state index in [-0.39, 0.29) is 5.56 Å². The highest BCUT2D eigenvalue weighted by Crippen LogP contribution is 2.27. The van der Waals surface area contributed by atoms with Crippen molar-refractivity contribution in [3.8, 4) is 5.75 Å². The Morgan fingerprint density at radius 2 is 1.90 bits per heavy atom. The predicted molar refractivity (Wildman–Crippen MR) is 124 cm³/mol. The second-order valence-electron chi connectivity index (χ2n) is 8.01. The van der Waals surface area contributed by atoms with Gasteiger partial charge in [0.15, 0.2) is 0 Å². The number of aromatic nitrogens is 2. The lowest BCUT2D eigenvalue weighted by atomic mass is 10.1. The molecule has 1 aliphatic rings. The van der Waals surface area contributed by atoms with Gasteiger partial charge in [0.2, 0.25) is 0 Å². The van der Waals surface area contributed by atoms with Crippen LogP contribution in [0.1, 0.15) is 36.6 Å². The normalized spacial score (nSPS) is 13.5. The standard InChI is InChI=1S/C25H28ClN3O2/c1-2-28(23-9-10-23)17-20-5-3-19(4-6-20)11-13-29-14-12-24(15-25(29)30)31-18-22-8-7-21(26)16-27-22/h3-8,12,14-16,23H,2,9-11,13,17-18H2,1H3. The fraction of sp³-hybridized carbons (Fsp3) is 0.360. The molecule has 1 aliphatic carbocycles. The summed E-state index contributed by atoms with van der Waals surface area (Å²) < 4.78 is 7.40. The minimum Gasteiger partial charge on any atom is -0.487 e. The molecule has 4 rings (SSSR count). The van der Waals surface area contributed by atoms with Gasteiger partial charge in [0.1, 0.15) is 12.4 Å². The second kappa shape index (κ2) is 10.1. The number of benzene rings is 1. The van der Waals surface area contributed by atoms with E-state index < -0.39 is 0 Å². The molecule has 0 saturated heterocycles. The Hall–Kier alpha value is -2.63. The molecule has 0 unspecified atom stereocenters. The van der Waals surface area contributed by atoms with E-state index in [1.54, 1.807) is 29.1 Å². The van der Waals surface area contributed by atoms with Crippen LogP contribution in [0.3, 0.4) is 0 Å². The summed E-state index contributed by atoms with van der Waals surface area (Å²) in [7, 11) is 0. The van der Waals surface area contributed by atoms with E-state index in [9.17, 15) is 4.79 Å². The molecule has 0 N–H and O–H groups in total. The third-order valence-corrected chi connectivity index (χ3v) is 5.89. The largest absolute Gasteiger partial charge is 0.487 e. The molecular formula is C25H28ClN3O2. The summed E-state index contributed by atoms with van der Waals surface area (Å²) in [6, 6.07) is 16.5. The van der Waals surface area contributed by atoms with Crippen LogP contribution >= 0.6 is 11.6 Å². The zero-order valence-electron chi connectivity index (χ0n) is 17.8. The highest BCUT2D eigenvalue weighted by molar-refractivity contribution is 6.30. The molecule has 0 aliphatic heterocycles. The fourth-order valence-corrected chi connectivity index (χ4v) is 3.76. The van der Waals surface area contributed by atoms with Gasteiger partial charge >= 0.3 is 0 Å². The van der Waals surface area contributed by atoms with Crippen molar-refractivity contribution in [1.82, 2.24) is 14.5 Å². The Morgan fingerprint density at radius 3 is 2.55 bits per heavy atom. The quantitative estimate of drug-likeness (QED) is 0.461. The van der Waals surface area contributed by atoms with E-state index in [0.29, 0.717) is 23.9 Å². The van der Waals surface area contributed by atoms with Gasteiger partial charge in [-0.2, -0.15) is 0 Å². The van der Waals surface area contributed by atoms with Crippen LogP contribution in [0.15, 0.2) is 65.7 Å². The lowest BCUT2D eigenvalue weighted by molar-refractivity contribution is 0.269. The first-order valence-corrected chi connectivity index (χ1v) is 11.2. The fourth-order valence-electron chi connectivity index (χ4n) is 3.65. The molecule has 5 nitrogen and oxygen atoms in total. The molecule has 1 fully saturated rings. The molecule has 3 aromatic rings. The lowest BCUT2D eigenvalue weighted by Gasteiger charge is -2.19. The third kappa shape index (κ3) is 6.18. The van der Waals surface area contributed by atoms with Crippen LogP contribution in [0.25, 0.3) is 0 Å². The number of hydrogen-bond acceptors (Lipinski definition) is 4. The van der Waals surface area contributed by atoms with Crippen molar-refractivity contribution in [1.29, 1.82) is 0 Å². The van der Waals surface area contributed by atoms with Crippen molar-refractivity contribution in [2.24, 2.45) is 0 Å². The summed E-state index contributed by atoms with van der Waals surface area (Å²) in [5, 5.41) is 0.585. The Bertz CT molecular complexity index is 1040. The third-order valence-electron chi connectivity index (χ3n) is 5.66. The van der Waals surface area contributed by atoms with E-state index in [4.69, 9.17) is 16.3 Å². The highest BCUT2D eigenvalue weighted by atomic mass is 35.5. The zero-order chi connectivity index (χ0) is 21.6. The van der Waals surface area contributed by atoms with Crippen LogP contribution in [0, 0.1) is 0 Å². The summed E-state index contributed by atoms with van der Waals surface area (Å²) in [5.74, 6) is 0.540. The van der Waals surface area contributed by atoms with Gasteiger partial charge in [-0.3, -0.25) is 14.7 Å². The smallest absolute Gasteiger partial charge is 0.254 e. The Morgan fingerprint density at radius 1 is 1.13 bits per heavy atom. The molecule has 1 aromatic carbocycles. The maximum atomic E-state index is 12.4. The van der Waals surface area contributed by atoms with Crippen molar-refractivity contribution in [3.05, 3.63) is 93.1 Å². The Labute approximate surface area is 188 Å². The number of ether oxygens (including phenoxy) is 1. The molecule has 1 saturated carbocycles. The van der Waals surface area contributed by atoms with Crippen molar-refractivity contribution >= 4 is 11.6 Å². The number of rotatable bonds is 10. The van der Waals surface area contributed by atoms with Gasteiger partial charge in [-0.25, -0.2) is 0 Å². The molecule has 0 amide bonds. The van der Waals surface area contributed by atoms with Gasteiger partial charge in [-0.1, -0.05) is 42.8 Å². The summed E-state index contributed by atoms with van der Waals surface area (Å²) in [6.07, 6.45) is 6.86. The molecule has 0 radical (unpaired) electrons. The van der Waals surface area contributed by atoms with E-state index >= 15 is 0 Å². The van der Waals surface area contributed by atoms with Crippen LogP contribution in [-0.4, -0.2) is 27.0 Å². The molecule has 0 bridgehead atoms. The van der Waals surface area contributed by atoms with Crippen molar-refractivity contribution in [2.45, 2.75) is 51.9 Å². The van der Waals surface area contributed by atoms with Gasteiger partial charge < -0.3 is 9.30 Å². The van der Waals surface area contributed by atoms with Gasteiger partial charge in [0.25, 0.3) is 5.56 Å². The van der Waals surface area contributed by atoms with Gasteiger partial charge in [-0.15, -0.1) is 0 Å². The Kier molecular flexibility index (Phi) is 7.05.